The maximum Gasteiger partial charge on any atom is 0.253 e. The first-order valence-electron chi connectivity index (χ1n) is 11.6. The van der Waals surface area contributed by atoms with Crippen LogP contribution in [0.25, 0.3) is 0 Å². The summed E-state index contributed by atoms with van der Waals surface area (Å²) in [6.07, 6.45) is 4.80. The molecule has 1 aromatic carbocycles. The highest BCUT2D eigenvalue weighted by Crippen LogP contribution is 2.38. The Kier molecular flexibility index (Phi) is 7.82. The van der Waals surface area contributed by atoms with Crippen molar-refractivity contribution in [2.24, 2.45) is 0 Å². The van der Waals surface area contributed by atoms with Crippen molar-refractivity contribution in [2.45, 2.75) is 77.1 Å². The standard InChI is InChI=1S/C25H34ClN3O4S/c1-6-25(9-7-19(8-10-25)34(5,32)33)29-22-13-18(26)12-20(17(22)4)23(30)27-14-21-15(2)11-16(3)28-24(21)31/h11-13,19,29H,6-10,14H2,1-5H3,(H,27,30)(H,28,31). The smallest absolute Gasteiger partial charge is 0.253 e. The second kappa shape index (κ2) is 10.1. The lowest BCUT2D eigenvalue weighted by Gasteiger charge is -2.41. The molecule has 3 N–H and O–H groups in total. The molecule has 1 aliphatic carbocycles. The number of hydrogen-bond acceptors (Lipinski definition) is 5. The van der Waals surface area contributed by atoms with E-state index in [-0.39, 0.29) is 28.8 Å². The van der Waals surface area contributed by atoms with Crippen LogP contribution in [0.3, 0.4) is 0 Å². The fraction of sp³-hybridized carbons (Fsp3) is 0.520. The fourth-order valence-electron chi connectivity index (χ4n) is 4.83. The number of anilines is 1. The van der Waals surface area contributed by atoms with E-state index in [2.05, 4.69) is 22.5 Å². The lowest BCUT2D eigenvalue weighted by molar-refractivity contribution is 0.0950. The Bertz CT molecular complexity index is 1250. The van der Waals surface area contributed by atoms with Gasteiger partial charge in [0.15, 0.2) is 0 Å². The van der Waals surface area contributed by atoms with E-state index in [1.54, 1.807) is 6.07 Å². The molecule has 0 radical (unpaired) electrons. The molecule has 1 amide bonds. The highest BCUT2D eigenvalue weighted by Gasteiger charge is 2.37. The van der Waals surface area contributed by atoms with Crippen molar-refractivity contribution in [1.82, 2.24) is 10.3 Å². The number of benzene rings is 1. The van der Waals surface area contributed by atoms with Gasteiger partial charge in [-0.05, 0) is 82.2 Å². The molecule has 0 atom stereocenters. The minimum absolute atomic E-state index is 0.112. The average molecular weight is 508 g/mol. The lowest BCUT2D eigenvalue weighted by atomic mass is 9.79. The zero-order valence-electron chi connectivity index (χ0n) is 20.5. The Labute approximate surface area is 206 Å². The quantitative estimate of drug-likeness (QED) is 0.513. The van der Waals surface area contributed by atoms with Crippen molar-refractivity contribution in [2.75, 3.05) is 11.6 Å². The highest BCUT2D eigenvalue weighted by atomic mass is 35.5. The first kappa shape index (κ1) is 26.3. The second-order valence-corrected chi connectivity index (χ2v) is 12.3. The Morgan fingerprint density at radius 2 is 1.82 bits per heavy atom. The van der Waals surface area contributed by atoms with Crippen LogP contribution in [0.15, 0.2) is 23.0 Å². The van der Waals surface area contributed by atoms with E-state index in [1.807, 2.05) is 32.9 Å². The summed E-state index contributed by atoms with van der Waals surface area (Å²) in [5, 5.41) is 6.58. The summed E-state index contributed by atoms with van der Waals surface area (Å²) in [6.45, 7) is 7.73. The SMILES string of the molecule is CCC1(Nc2cc(Cl)cc(C(=O)NCc3c(C)cc(C)[nH]c3=O)c2C)CCC(S(C)(=O)=O)CC1. The number of aromatic amines is 1. The van der Waals surface area contributed by atoms with Crippen LogP contribution in [0.1, 0.15) is 71.8 Å². The Morgan fingerprint density at radius 3 is 2.38 bits per heavy atom. The Morgan fingerprint density at radius 1 is 1.18 bits per heavy atom. The number of aromatic nitrogens is 1. The van der Waals surface area contributed by atoms with Gasteiger partial charge in [-0.2, -0.15) is 0 Å². The number of amides is 1. The van der Waals surface area contributed by atoms with Gasteiger partial charge in [0, 0.05) is 45.9 Å². The van der Waals surface area contributed by atoms with Crippen molar-refractivity contribution in [1.29, 1.82) is 0 Å². The molecule has 1 fully saturated rings. The molecule has 34 heavy (non-hydrogen) atoms. The summed E-state index contributed by atoms with van der Waals surface area (Å²) in [6, 6.07) is 5.31. The van der Waals surface area contributed by atoms with E-state index in [0.29, 0.717) is 29.0 Å². The molecule has 2 aromatic rings. The number of nitrogens with one attached hydrogen (secondary N) is 3. The van der Waals surface area contributed by atoms with Crippen LogP contribution in [0.2, 0.25) is 5.02 Å². The molecule has 186 valence electrons. The fourth-order valence-corrected chi connectivity index (χ4v) is 6.14. The highest BCUT2D eigenvalue weighted by molar-refractivity contribution is 7.91. The Hall–Kier alpha value is -2.32. The van der Waals surface area contributed by atoms with Crippen molar-refractivity contribution >= 4 is 33.0 Å². The number of carbonyl (C=O) groups is 1. The van der Waals surface area contributed by atoms with Gasteiger partial charge in [0.05, 0.1) is 5.25 Å². The maximum atomic E-state index is 13.1. The predicted octanol–water partition coefficient (Wildman–Crippen LogP) is 4.43. The van der Waals surface area contributed by atoms with Gasteiger partial charge < -0.3 is 15.6 Å². The molecule has 1 aromatic heterocycles. The molecule has 0 unspecified atom stereocenters. The van der Waals surface area contributed by atoms with Crippen molar-refractivity contribution in [3.8, 4) is 0 Å². The molecule has 7 nitrogen and oxygen atoms in total. The molecule has 1 saturated carbocycles. The number of rotatable bonds is 7. The molecule has 3 rings (SSSR count). The van der Waals surface area contributed by atoms with Gasteiger partial charge >= 0.3 is 0 Å². The van der Waals surface area contributed by atoms with E-state index >= 15 is 0 Å². The molecular formula is C25H34ClN3O4S. The third kappa shape index (κ3) is 5.84. The van der Waals surface area contributed by atoms with Gasteiger partial charge in [-0.15, -0.1) is 0 Å². The van der Waals surface area contributed by atoms with Crippen LogP contribution in [0.4, 0.5) is 5.69 Å². The third-order valence-corrected chi connectivity index (χ3v) is 9.01. The predicted molar refractivity (Wildman–Crippen MR) is 138 cm³/mol. The summed E-state index contributed by atoms with van der Waals surface area (Å²) < 4.78 is 24.0. The average Bonchev–Trinajstić information content (AvgIpc) is 2.74. The molecule has 1 aliphatic rings. The third-order valence-electron chi connectivity index (χ3n) is 7.11. The van der Waals surface area contributed by atoms with Gasteiger partial charge in [-0.3, -0.25) is 9.59 Å². The maximum absolute atomic E-state index is 13.1. The second-order valence-electron chi connectivity index (χ2n) is 9.54. The zero-order valence-corrected chi connectivity index (χ0v) is 22.0. The first-order valence-corrected chi connectivity index (χ1v) is 13.9. The van der Waals surface area contributed by atoms with E-state index in [9.17, 15) is 18.0 Å². The molecule has 0 bridgehead atoms. The molecule has 0 saturated heterocycles. The van der Waals surface area contributed by atoms with Gasteiger partial charge in [-0.25, -0.2) is 8.42 Å². The summed E-state index contributed by atoms with van der Waals surface area (Å²) >= 11 is 6.39. The van der Waals surface area contributed by atoms with E-state index in [0.717, 1.165) is 41.8 Å². The van der Waals surface area contributed by atoms with Gasteiger partial charge in [0.2, 0.25) is 0 Å². The monoisotopic (exact) mass is 507 g/mol. The van der Waals surface area contributed by atoms with Crippen LogP contribution in [-0.4, -0.2) is 36.4 Å². The molecule has 1 heterocycles. The minimum atomic E-state index is -3.05. The number of sulfone groups is 1. The van der Waals surface area contributed by atoms with Gasteiger partial charge in [-0.1, -0.05) is 18.5 Å². The molecular weight excluding hydrogens is 474 g/mol. The largest absolute Gasteiger partial charge is 0.379 e. The Balaban J connectivity index is 1.80. The number of halogens is 1. The number of aryl methyl sites for hydroxylation is 2. The number of pyridine rings is 1. The van der Waals surface area contributed by atoms with Gasteiger partial charge in [0.1, 0.15) is 9.84 Å². The summed E-state index contributed by atoms with van der Waals surface area (Å²) in [7, 11) is -3.05. The van der Waals surface area contributed by atoms with Crippen LogP contribution >= 0.6 is 11.6 Å². The summed E-state index contributed by atoms with van der Waals surface area (Å²) in [5.41, 5.74) is 3.61. The van der Waals surface area contributed by atoms with Crippen LogP contribution in [0, 0.1) is 20.8 Å². The minimum Gasteiger partial charge on any atom is -0.379 e. The van der Waals surface area contributed by atoms with Crippen LogP contribution in [0.5, 0.6) is 0 Å². The van der Waals surface area contributed by atoms with E-state index < -0.39 is 9.84 Å². The van der Waals surface area contributed by atoms with Crippen molar-refractivity contribution in [3.05, 3.63) is 61.5 Å². The van der Waals surface area contributed by atoms with Crippen LogP contribution < -0.4 is 16.2 Å². The zero-order chi connectivity index (χ0) is 25.3. The van der Waals surface area contributed by atoms with E-state index in [4.69, 9.17) is 11.6 Å². The molecule has 9 heteroatoms. The summed E-state index contributed by atoms with van der Waals surface area (Å²) in [5.74, 6) is -0.311. The lowest BCUT2D eigenvalue weighted by Crippen LogP contribution is -2.44. The number of carbonyl (C=O) groups excluding carboxylic acids is 1. The van der Waals surface area contributed by atoms with Gasteiger partial charge in [0.25, 0.3) is 11.5 Å². The first-order chi connectivity index (χ1) is 15.8. The molecule has 0 aliphatic heterocycles. The topological polar surface area (TPSA) is 108 Å². The van der Waals surface area contributed by atoms with Crippen LogP contribution in [-0.2, 0) is 16.4 Å². The summed E-state index contributed by atoms with van der Waals surface area (Å²) in [4.78, 5) is 28.1. The van der Waals surface area contributed by atoms with Crippen molar-refractivity contribution in [3.63, 3.8) is 0 Å². The van der Waals surface area contributed by atoms with E-state index in [1.165, 1.54) is 6.26 Å². The number of H-pyrrole nitrogens is 1. The number of hydrogen-bond donors (Lipinski definition) is 3. The molecule has 0 spiro atoms. The van der Waals surface area contributed by atoms with Crippen molar-refractivity contribution < 1.29 is 13.2 Å². The normalized spacial score (nSPS) is 20.7.